The van der Waals surface area contributed by atoms with Gasteiger partial charge in [0.1, 0.15) is 5.04 Å². The Morgan fingerprint density at radius 1 is 1.46 bits per heavy atom. The maximum atomic E-state index is 8.55. The second-order valence-corrected chi connectivity index (χ2v) is 4.83. The van der Waals surface area contributed by atoms with E-state index in [4.69, 9.17) is 5.11 Å². The summed E-state index contributed by atoms with van der Waals surface area (Å²) in [5.74, 6) is 1.07. The zero-order chi connectivity index (χ0) is 9.94. The smallest absolute Gasteiger partial charge is 0.100 e. The molecule has 0 atom stereocenters. The molecule has 0 aromatic heterocycles. The fraction of sp³-hybridized carbons (Fsp3) is 0.667. The van der Waals surface area contributed by atoms with Crippen LogP contribution in [0.5, 0.6) is 0 Å². The minimum Gasteiger partial charge on any atom is -0.396 e. The average molecular weight is 219 g/mol. The number of unbranched alkanes of at least 4 members (excludes halogenated alkanes) is 1. The van der Waals surface area contributed by atoms with E-state index < -0.39 is 0 Å². The summed E-state index contributed by atoms with van der Waals surface area (Å²) in [6, 6.07) is 0. The number of hydrogen-bond acceptors (Lipinski definition) is 4. The molecule has 13 heavy (non-hydrogen) atoms. The Balaban J connectivity index is 3.40. The van der Waals surface area contributed by atoms with Crippen molar-refractivity contribution in [3.63, 3.8) is 0 Å². The molecule has 0 aromatic carbocycles. The van der Waals surface area contributed by atoms with E-state index in [2.05, 4.69) is 4.99 Å². The molecular formula is C9H17NOS2. The number of hydrogen-bond donors (Lipinski definition) is 1. The van der Waals surface area contributed by atoms with Crippen LogP contribution in [-0.2, 0) is 0 Å². The highest BCUT2D eigenvalue weighted by Gasteiger charge is 1.94. The number of aliphatic imine (C=N–C) groups is 1. The lowest BCUT2D eigenvalue weighted by Crippen LogP contribution is -1.86. The summed E-state index contributed by atoms with van der Waals surface area (Å²) in [4.78, 5) is 4.12. The molecule has 0 amide bonds. The Kier molecular flexibility index (Phi) is 10.2. The van der Waals surface area contributed by atoms with E-state index >= 15 is 0 Å². The molecule has 4 heteroatoms. The summed E-state index contributed by atoms with van der Waals surface area (Å²) in [6.45, 7) is 2.29. The number of aliphatic hydroxyl groups is 1. The van der Waals surface area contributed by atoms with E-state index in [1.54, 1.807) is 28.6 Å². The lowest BCUT2D eigenvalue weighted by Gasteiger charge is -1.99. The van der Waals surface area contributed by atoms with Gasteiger partial charge in [0.05, 0.1) is 0 Å². The third-order valence-electron chi connectivity index (χ3n) is 1.31. The van der Waals surface area contributed by atoms with E-state index in [1.807, 2.05) is 19.1 Å². The Hall–Kier alpha value is 0.0700. The lowest BCUT2D eigenvalue weighted by molar-refractivity contribution is 0.287. The van der Waals surface area contributed by atoms with Crippen molar-refractivity contribution in [3.05, 3.63) is 12.2 Å². The quantitative estimate of drug-likeness (QED) is 0.323. The SMILES string of the molecule is C/C=C\C(=NC)SSCCCCO. The zero-order valence-electron chi connectivity index (χ0n) is 8.19. The Morgan fingerprint density at radius 3 is 2.77 bits per heavy atom. The molecule has 0 spiro atoms. The summed E-state index contributed by atoms with van der Waals surface area (Å²) in [6.07, 6.45) is 5.96. The first-order valence-corrected chi connectivity index (χ1v) is 6.66. The second-order valence-electron chi connectivity index (χ2n) is 2.40. The summed E-state index contributed by atoms with van der Waals surface area (Å²) in [5, 5.41) is 9.61. The van der Waals surface area contributed by atoms with Crippen molar-refractivity contribution in [2.45, 2.75) is 19.8 Å². The molecule has 0 saturated heterocycles. The highest BCUT2D eigenvalue weighted by molar-refractivity contribution is 8.82. The van der Waals surface area contributed by atoms with Gasteiger partial charge in [0.2, 0.25) is 0 Å². The molecule has 0 fully saturated rings. The molecule has 0 aliphatic carbocycles. The number of aliphatic hydroxyl groups excluding tert-OH is 1. The molecule has 0 radical (unpaired) electrons. The van der Waals surface area contributed by atoms with E-state index in [0.717, 1.165) is 23.6 Å². The largest absolute Gasteiger partial charge is 0.396 e. The first-order chi connectivity index (χ1) is 6.35. The summed E-state index contributed by atoms with van der Waals surface area (Å²) >= 11 is 0. The van der Waals surface area contributed by atoms with Crippen LogP contribution in [0.1, 0.15) is 19.8 Å². The number of rotatable bonds is 6. The summed E-state index contributed by atoms with van der Waals surface area (Å²) in [5.41, 5.74) is 0. The van der Waals surface area contributed by atoms with Gasteiger partial charge in [-0.2, -0.15) is 0 Å². The van der Waals surface area contributed by atoms with Crippen LogP contribution in [0.15, 0.2) is 17.1 Å². The summed E-state index contributed by atoms with van der Waals surface area (Å²) < 4.78 is 0. The van der Waals surface area contributed by atoms with E-state index in [1.165, 1.54) is 0 Å². The molecule has 76 valence electrons. The molecule has 0 heterocycles. The van der Waals surface area contributed by atoms with Gasteiger partial charge < -0.3 is 5.11 Å². The summed E-state index contributed by atoms with van der Waals surface area (Å²) in [7, 11) is 5.29. The first kappa shape index (κ1) is 13.1. The van der Waals surface area contributed by atoms with Crippen molar-refractivity contribution >= 4 is 26.6 Å². The van der Waals surface area contributed by atoms with Crippen LogP contribution >= 0.6 is 21.6 Å². The highest BCUT2D eigenvalue weighted by Crippen LogP contribution is 2.24. The lowest BCUT2D eigenvalue weighted by atomic mass is 10.4. The number of nitrogens with zero attached hydrogens (tertiary/aromatic N) is 1. The third kappa shape index (κ3) is 8.40. The van der Waals surface area contributed by atoms with Crippen LogP contribution in [0.25, 0.3) is 0 Å². The van der Waals surface area contributed by atoms with Crippen molar-refractivity contribution in [2.75, 3.05) is 19.4 Å². The first-order valence-electron chi connectivity index (χ1n) is 4.35. The minimum absolute atomic E-state index is 0.300. The predicted molar refractivity (Wildman–Crippen MR) is 64.5 cm³/mol. The maximum Gasteiger partial charge on any atom is 0.100 e. The molecule has 0 rings (SSSR count). The van der Waals surface area contributed by atoms with Gasteiger partial charge in [-0.25, -0.2) is 0 Å². The average Bonchev–Trinajstić information content (AvgIpc) is 2.16. The van der Waals surface area contributed by atoms with Gasteiger partial charge >= 0.3 is 0 Å². The van der Waals surface area contributed by atoms with E-state index in [0.29, 0.717) is 6.61 Å². The molecule has 0 saturated carbocycles. The van der Waals surface area contributed by atoms with E-state index in [9.17, 15) is 0 Å². The highest BCUT2D eigenvalue weighted by atomic mass is 33.1. The molecule has 0 bridgehead atoms. The second kappa shape index (κ2) is 10.2. The van der Waals surface area contributed by atoms with Crippen molar-refractivity contribution in [2.24, 2.45) is 4.99 Å². The Labute approximate surface area is 88.3 Å². The monoisotopic (exact) mass is 219 g/mol. The molecule has 0 aromatic rings. The van der Waals surface area contributed by atoms with Crippen LogP contribution in [0.2, 0.25) is 0 Å². The zero-order valence-corrected chi connectivity index (χ0v) is 9.83. The van der Waals surface area contributed by atoms with Crippen molar-refractivity contribution in [1.29, 1.82) is 0 Å². The van der Waals surface area contributed by atoms with Crippen LogP contribution in [0.3, 0.4) is 0 Å². The molecular weight excluding hydrogens is 202 g/mol. The third-order valence-corrected chi connectivity index (χ3v) is 3.74. The standard InChI is InChI=1S/C9H17NOS2/c1-3-6-9(10-2)13-12-8-5-4-7-11/h3,6,11H,4-5,7-8H2,1-2H3/b6-3-,10-9?. The topological polar surface area (TPSA) is 32.6 Å². The number of allylic oxidation sites excluding steroid dienone is 1. The van der Waals surface area contributed by atoms with Gasteiger partial charge in [0.25, 0.3) is 0 Å². The maximum absolute atomic E-state index is 8.55. The molecule has 0 aliphatic rings. The van der Waals surface area contributed by atoms with Crippen LogP contribution in [-0.4, -0.2) is 29.6 Å². The molecule has 2 nitrogen and oxygen atoms in total. The van der Waals surface area contributed by atoms with Crippen molar-refractivity contribution in [1.82, 2.24) is 0 Å². The van der Waals surface area contributed by atoms with Crippen molar-refractivity contribution < 1.29 is 5.11 Å². The normalized spacial score (nSPS) is 12.7. The Morgan fingerprint density at radius 2 is 2.23 bits per heavy atom. The Bertz CT molecular complexity index is 169. The fourth-order valence-electron chi connectivity index (χ4n) is 0.657. The van der Waals surface area contributed by atoms with E-state index in [-0.39, 0.29) is 0 Å². The van der Waals surface area contributed by atoms with Gasteiger partial charge in [-0.1, -0.05) is 16.9 Å². The molecule has 0 unspecified atom stereocenters. The van der Waals surface area contributed by atoms with Gasteiger partial charge in [-0.3, -0.25) is 4.99 Å². The van der Waals surface area contributed by atoms with Gasteiger partial charge in [-0.15, -0.1) is 0 Å². The van der Waals surface area contributed by atoms with Crippen LogP contribution in [0, 0.1) is 0 Å². The van der Waals surface area contributed by atoms with Gasteiger partial charge in [-0.05, 0) is 36.6 Å². The molecule has 0 aliphatic heterocycles. The van der Waals surface area contributed by atoms with Gasteiger partial charge in [0.15, 0.2) is 0 Å². The molecule has 1 N–H and O–H groups in total. The van der Waals surface area contributed by atoms with Crippen LogP contribution < -0.4 is 0 Å². The van der Waals surface area contributed by atoms with Gasteiger partial charge in [0, 0.05) is 19.4 Å². The predicted octanol–water partition coefficient (Wildman–Crippen LogP) is 2.74. The minimum atomic E-state index is 0.300. The fourth-order valence-corrected chi connectivity index (χ4v) is 2.81. The van der Waals surface area contributed by atoms with Crippen LogP contribution in [0.4, 0.5) is 0 Å². The van der Waals surface area contributed by atoms with Crippen molar-refractivity contribution in [3.8, 4) is 0 Å².